The van der Waals surface area contributed by atoms with E-state index in [0.29, 0.717) is 0 Å². The van der Waals surface area contributed by atoms with Crippen molar-refractivity contribution >= 4 is 0 Å². The van der Waals surface area contributed by atoms with E-state index in [2.05, 4.69) is 0 Å². The van der Waals surface area contributed by atoms with Crippen molar-refractivity contribution in [2.75, 3.05) is 13.2 Å². The Morgan fingerprint density at radius 2 is 1.36 bits per heavy atom. The van der Waals surface area contributed by atoms with Crippen molar-refractivity contribution < 1.29 is 31.1 Å². The van der Waals surface area contributed by atoms with Gasteiger partial charge in [0.2, 0.25) is 0 Å². The second-order valence-electron chi connectivity index (χ2n) is 1.85. The summed E-state index contributed by atoms with van der Waals surface area (Å²) in [5, 5.41) is 0. The summed E-state index contributed by atoms with van der Waals surface area (Å²) in [6, 6.07) is 0. The van der Waals surface area contributed by atoms with Gasteiger partial charge in [-0.1, -0.05) is 0 Å². The van der Waals surface area contributed by atoms with Crippen LogP contribution in [0.4, 0.5) is 26.3 Å². The summed E-state index contributed by atoms with van der Waals surface area (Å²) in [6.45, 7) is 5.67. The van der Waals surface area contributed by atoms with E-state index in [1.807, 2.05) is 13.8 Å². The standard InChI is InChI=1S/C4H10O.C3F6/c1-3-5-4-2;4-1(2(5)6)3(7,8)9/h3-4H2,1-2H3;. The number of alkyl halides is 3. The minimum Gasteiger partial charge on any atom is -0.382 e. The highest BCUT2D eigenvalue weighted by Gasteiger charge is 2.38. The van der Waals surface area contributed by atoms with Crippen molar-refractivity contribution in [2.45, 2.75) is 20.0 Å². The molecule has 0 saturated carbocycles. The van der Waals surface area contributed by atoms with Crippen LogP contribution in [0.2, 0.25) is 0 Å². The SMILES string of the molecule is CCOCC.FC(F)=C(F)C(F)(F)F. The maximum absolute atomic E-state index is 11.0. The zero-order valence-corrected chi connectivity index (χ0v) is 7.59. The maximum atomic E-state index is 11.0. The van der Waals surface area contributed by atoms with Gasteiger partial charge in [-0.15, -0.1) is 0 Å². The minimum atomic E-state index is -5.56. The molecule has 0 aliphatic carbocycles. The van der Waals surface area contributed by atoms with E-state index >= 15 is 0 Å². The van der Waals surface area contributed by atoms with Gasteiger partial charge in [0.15, 0.2) is 0 Å². The van der Waals surface area contributed by atoms with Gasteiger partial charge in [-0.05, 0) is 13.8 Å². The Bertz CT molecular complexity index is 168. The van der Waals surface area contributed by atoms with E-state index in [-0.39, 0.29) is 0 Å². The molecule has 0 spiro atoms. The molecule has 0 unspecified atom stereocenters. The lowest BCUT2D eigenvalue weighted by Gasteiger charge is -1.98. The van der Waals surface area contributed by atoms with Gasteiger partial charge in [0, 0.05) is 13.2 Å². The van der Waals surface area contributed by atoms with Gasteiger partial charge in [0.1, 0.15) is 0 Å². The summed E-state index contributed by atoms with van der Waals surface area (Å²) in [5.74, 6) is -3.33. The third kappa shape index (κ3) is 9.37. The third-order valence-electron chi connectivity index (χ3n) is 0.823. The second-order valence-corrected chi connectivity index (χ2v) is 1.85. The summed E-state index contributed by atoms with van der Waals surface area (Å²) in [5.41, 5.74) is 0. The summed E-state index contributed by atoms with van der Waals surface area (Å²) >= 11 is 0. The molecule has 14 heavy (non-hydrogen) atoms. The first-order valence-corrected chi connectivity index (χ1v) is 3.63. The van der Waals surface area contributed by atoms with Gasteiger partial charge in [0.25, 0.3) is 5.83 Å². The van der Waals surface area contributed by atoms with Crippen LogP contribution in [0.3, 0.4) is 0 Å². The van der Waals surface area contributed by atoms with Crippen molar-refractivity contribution in [3.63, 3.8) is 0 Å². The summed E-state index contributed by atoms with van der Waals surface area (Å²) in [7, 11) is 0. The number of halogens is 6. The Morgan fingerprint density at radius 1 is 1.00 bits per heavy atom. The molecule has 0 aromatic heterocycles. The smallest absolute Gasteiger partial charge is 0.382 e. The molecule has 0 saturated heterocycles. The first-order valence-electron chi connectivity index (χ1n) is 3.63. The number of ether oxygens (including phenoxy) is 1. The van der Waals surface area contributed by atoms with E-state index in [1.165, 1.54) is 0 Å². The van der Waals surface area contributed by atoms with Gasteiger partial charge in [-0.3, -0.25) is 0 Å². The van der Waals surface area contributed by atoms with Gasteiger partial charge in [0.05, 0.1) is 0 Å². The van der Waals surface area contributed by atoms with Crippen molar-refractivity contribution in [1.82, 2.24) is 0 Å². The number of allylic oxidation sites excluding steroid dienone is 1. The van der Waals surface area contributed by atoms with E-state index in [4.69, 9.17) is 4.74 Å². The van der Waals surface area contributed by atoms with E-state index in [9.17, 15) is 26.3 Å². The molecule has 0 bridgehead atoms. The Labute approximate surface area is 77.4 Å². The Morgan fingerprint density at radius 3 is 1.36 bits per heavy atom. The largest absolute Gasteiger partial charge is 0.448 e. The summed E-state index contributed by atoms with van der Waals surface area (Å²) < 4.78 is 69.6. The van der Waals surface area contributed by atoms with E-state index < -0.39 is 18.1 Å². The molecule has 1 nitrogen and oxygen atoms in total. The molecule has 0 fully saturated rings. The summed E-state index contributed by atoms with van der Waals surface area (Å²) in [6.07, 6.45) is -8.90. The molecular weight excluding hydrogens is 214 g/mol. The highest BCUT2D eigenvalue weighted by Crippen LogP contribution is 2.29. The Balaban J connectivity index is 0. The fourth-order valence-corrected chi connectivity index (χ4v) is 0.311. The van der Waals surface area contributed by atoms with E-state index in [0.717, 1.165) is 13.2 Å². The lowest BCUT2D eigenvalue weighted by Crippen LogP contribution is -2.08. The number of hydrogen-bond acceptors (Lipinski definition) is 1. The molecule has 0 rings (SSSR count). The predicted molar refractivity (Wildman–Crippen MR) is 38.6 cm³/mol. The third-order valence-corrected chi connectivity index (χ3v) is 0.823. The zero-order valence-electron chi connectivity index (χ0n) is 7.59. The second kappa shape index (κ2) is 7.66. The quantitative estimate of drug-likeness (QED) is 0.650. The molecule has 0 aromatic carbocycles. The first kappa shape index (κ1) is 15.7. The van der Waals surface area contributed by atoms with Gasteiger partial charge in [-0.25, -0.2) is 0 Å². The van der Waals surface area contributed by atoms with Crippen LogP contribution in [0.5, 0.6) is 0 Å². The topological polar surface area (TPSA) is 9.23 Å². The first-order chi connectivity index (χ1) is 6.27. The van der Waals surface area contributed by atoms with Crippen LogP contribution in [0, 0.1) is 0 Å². The van der Waals surface area contributed by atoms with Crippen LogP contribution in [-0.2, 0) is 4.74 Å². The average molecular weight is 224 g/mol. The molecular formula is C7H10F6O. The molecule has 0 aromatic rings. The van der Waals surface area contributed by atoms with Crippen molar-refractivity contribution in [1.29, 1.82) is 0 Å². The van der Waals surface area contributed by atoms with Crippen molar-refractivity contribution in [2.24, 2.45) is 0 Å². The van der Waals surface area contributed by atoms with Crippen LogP contribution in [0.1, 0.15) is 13.8 Å². The molecule has 0 atom stereocenters. The molecule has 0 radical (unpaired) electrons. The highest BCUT2D eigenvalue weighted by molar-refractivity contribution is 4.98. The molecule has 0 amide bonds. The zero-order chi connectivity index (χ0) is 11.8. The Hall–Kier alpha value is -0.720. The molecule has 0 N–H and O–H groups in total. The Kier molecular flexibility index (Phi) is 8.61. The lowest BCUT2D eigenvalue weighted by atomic mass is 10.6. The molecule has 0 aliphatic heterocycles. The van der Waals surface area contributed by atoms with Crippen LogP contribution >= 0.6 is 0 Å². The van der Waals surface area contributed by atoms with Crippen LogP contribution in [0.25, 0.3) is 0 Å². The average Bonchev–Trinajstić information content (AvgIpc) is 2.04. The molecule has 86 valence electrons. The normalized spacial score (nSPS) is 10.3. The van der Waals surface area contributed by atoms with Crippen LogP contribution in [0.15, 0.2) is 11.9 Å². The molecule has 7 heteroatoms. The lowest BCUT2D eigenvalue weighted by molar-refractivity contribution is -0.113. The van der Waals surface area contributed by atoms with Gasteiger partial charge >= 0.3 is 12.3 Å². The van der Waals surface area contributed by atoms with Gasteiger partial charge in [-0.2, -0.15) is 26.3 Å². The molecule has 0 aliphatic rings. The number of hydrogen-bond donors (Lipinski definition) is 0. The fraction of sp³-hybridized carbons (Fsp3) is 0.714. The van der Waals surface area contributed by atoms with Crippen molar-refractivity contribution in [3.05, 3.63) is 11.9 Å². The minimum absolute atomic E-state index is 0.844. The summed E-state index contributed by atoms with van der Waals surface area (Å²) in [4.78, 5) is 0. The number of rotatable bonds is 2. The predicted octanol–water partition coefficient (Wildman–Crippen LogP) is 3.67. The van der Waals surface area contributed by atoms with Crippen LogP contribution < -0.4 is 0 Å². The monoisotopic (exact) mass is 224 g/mol. The highest BCUT2D eigenvalue weighted by atomic mass is 19.4. The maximum Gasteiger partial charge on any atom is 0.448 e. The van der Waals surface area contributed by atoms with E-state index in [1.54, 1.807) is 0 Å². The molecule has 0 heterocycles. The fourth-order valence-electron chi connectivity index (χ4n) is 0.311. The van der Waals surface area contributed by atoms with Crippen molar-refractivity contribution in [3.8, 4) is 0 Å². The van der Waals surface area contributed by atoms with Crippen LogP contribution in [-0.4, -0.2) is 19.4 Å². The van der Waals surface area contributed by atoms with Gasteiger partial charge < -0.3 is 4.74 Å².